The van der Waals surface area contributed by atoms with Crippen LogP contribution in [0.15, 0.2) is 66.7 Å². The minimum absolute atomic E-state index is 0.196. The van der Waals surface area contributed by atoms with Gasteiger partial charge in [0.1, 0.15) is 6.29 Å². The van der Waals surface area contributed by atoms with E-state index in [9.17, 15) is 24.5 Å². The lowest BCUT2D eigenvalue weighted by Crippen LogP contribution is -2.54. The summed E-state index contributed by atoms with van der Waals surface area (Å²) in [5, 5.41) is 11.4. The monoisotopic (exact) mass is 438 g/mol. The van der Waals surface area contributed by atoms with Gasteiger partial charge in [-0.05, 0) is 34.7 Å². The Labute approximate surface area is 188 Å². The molecule has 0 saturated carbocycles. The molecule has 0 N–H and O–H groups in total. The summed E-state index contributed by atoms with van der Waals surface area (Å²) in [7, 11) is 0. The molecule has 2 amide bonds. The third kappa shape index (κ3) is 2.21. The average molecular weight is 438 g/mol. The molecular formula is C26H18N2O5. The maximum Gasteiger partial charge on any atom is 0.271 e. The molecule has 0 radical (unpaired) electrons. The maximum atomic E-state index is 13.9. The molecule has 33 heavy (non-hydrogen) atoms. The number of aldehydes is 1. The fourth-order valence-electron chi connectivity index (χ4n) is 6.22. The minimum atomic E-state index is -1.29. The average Bonchev–Trinajstić information content (AvgIpc) is 3.10. The highest BCUT2D eigenvalue weighted by Crippen LogP contribution is 2.63. The Morgan fingerprint density at radius 1 is 0.939 bits per heavy atom. The first-order chi connectivity index (χ1) is 15.9. The molecule has 1 fully saturated rings. The first kappa shape index (κ1) is 19.5. The summed E-state index contributed by atoms with van der Waals surface area (Å²) < 4.78 is 0. The summed E-state index contributed by atoms with van der Waals surface area (Å²) in [5.41, 5.74) is 2.54. The van der Waals surface area contributed by atoms with E-state index in [0.717, 1.165) is 33.4 Å². The van der Waals surface area contributed by atoms with Gasteiger partial charge in [-0.2, -0.15) is 0 Å². The Morgan fingerprint density at radius 2 is 1.55 bits per heavy atom. The zero-order chi connectivity index (χ0) is 23.1. The Hall–Kier alpha value is -4.13. The number of imide groups is 1. The number of amides is 2. The molecule has 3 aromatic carbocycles. The third-order valence-electron chi connectivity index (χ3n) is 7.51. The second kappa shape index (κ2) is 6.45. The van der Waals surface area contributed by atoms with Crippen molar-refractivity contribution in [3.63, 3.8) is 0 Å². The number of rotatable bonds is 3. The number of aryl methyl sites for hydroxylation is 1. The topological polar surface area (TPSA) is 97.6 Å². The van der Waals surface area contributed by atoms with E-state index in [1.807, 2.05) is 48.5 Å². The van der Waals surface area contributed by atoms with Crippen LogP contribution in [0.4, 0.5) is 11.4 Å². The summed E-state index contributed by atoms with van der Waals surface area (Å²) in [5.74, 6) is -2.95. The van der Waals surface area contributed by atoms with E-state index < -0.39 is 34.0 Å². The number of nitro groups is 1. The van der Waals surface area contributed by atoms with Gasteiger partial charge >= 0.3 is 0 Å². The number of hydrogen-bond donors (Lipinski definition) is 0. The van der Waals surface area contributed by atoms with Gasteiger partial charge in [0, 0.05) is 18.1 Å². The van der Waals surface area contributed by atoms with Crippen LogP contribution in [0, 0.1) is 28.9 Å². The van der Waals surface area contributed by atoms with Crippen LogP contribution >= 0.6 is 0 Å². The van der Waals surface area contributed by atoms with Crippen LogP contribution in [-0.2, 0) is 19.8 Å². The van der Waals surface area contributed by atoms with Crippen molar-refractivity contribution in [3.05, 3.63) is 105 Å². The molecule has 0 unspecified atom stereocenters. The van der Waals surface area contributed by atoms with Crippen LogP contribution in [0.5, 0.6) is 0 Å². The highest BCUT2D eigenvalue weighted by atomic mass is 16.6. The fraction of sp³-hybridized carbons (Fsp3) is 0.192. The molecule has 7 heteroatoms. The second-order valence-corrected chi connectivity index (χ2v) is 8.88. The smallest absolute Gasteiger partial charge is 0.271 e. The molecule has 3 aliphatic carbocycles. The summed E-state index contributed by atoms with van der Waals surface area (Å²) in [6.07, 6.45) is 0.812. The molecular weight excluding hydrogens is 420 g/mol. The molecule has 0 spiro atoms. The van der Waals surface area contributed by atoms with Crippen molar-refractivity contribution in [2.45, 2.75) is 18.3 Å². The summed E-state index contributed by atoms with van der Waals surface area (Å²) >= 11 is 0. The Balaban J connectivity index is 1.63. The fourth-order valence-corrected chi connectivity index (χ4v) is 6.22. The molecule has 1 saturated heterocycles. The van der Waals surface area contributed by atoms with Gasteiger partial charge in [-0.3, -0.25) is 19.7 Å². The van der Waals surface area contributed by atoms with Gasteiger partial charge < -0.3 is 4.79 Å². The van der Waals surface area contributed by atoms with E-state index in [-0.39, 0.29) is 17.3 Å². The zero-order valence-corrected chi connectivity index (χ0v) is 17.6. The standard InChI is InChI=1S/C26H18N2O5/c1-14-10-11-15(28(32)33)12-20(14)27-24(30)22-21-16-6-2-4-8-18(16)26(13-29,23(22)25(27)31)19-9-5-3-7-17(19)21/h2-13,21-23H,1H3/t21?,22-,23-,26?/m1/s1. The van der Waals surface area contributed by atoms with E-state index in [2.05, 4.69) is 0 Å². The van der Waals surface area contributed by atoms with Gasteiger partial charge in [-0.25, -0.2) is 4.90 Å². The summed E-state index contributed by atoms with van der Waals surface area (Å²) in [6.45, 7) is 1.70. The van der Waals surface area contributed by atoms with Gasteiger partial charge in [-0.15, -0.1) is 0 Å². The second-order valence-electron chi connectivity index (χ2n) is 8.88. The Kier molecular flexibility index (Phi) is 3.82. The van der Waals surface area contributed by atoms with Crippen molar-refractivity contribution in [2.24, 2.45) is 11.8 Å². The van der Waals surface area contributed by atoms with Crippen LogP contribution in [0.1, 0.15) is 33.7 Å². The normalized spacial score (nSPS) is 26.6. The number of benzene rings is 3. The van der Waals surface area contributed by atoms with E-state index in [0.29, 0.717) is 5.56 Å². The van der Waals surface area contributed by atoms with Crippen LogP contribution < -0.4 is 4.90 Å². The third-order valence-corrected chi connectivity index (χ3v) is 7.51. The number of non-ortho nitro benzene ring substituents is 1. The first-order valence-electron chi connectivity index (χ1n) is 10.7. The molecule has 1 aliphatic heterocycles. The molecule has 1 heterocycles. The molecule has 2 bridgehead atoms. The van der Waals surface area contributed by atoms with Crippen molar-refractivity contribution in [3.8, 4) is 0 Å². The first-order valence-corrected chi connectivity index (χ1v) is 10.7. The van der Waals surface area contributed by atoms with Crippen LogP contribution in [0.25, 0.3) is 0 Å². The number of anilines is 1. The summed E-state index contributed by atoms with van der Waals surface area (Å²) in [6, 6.07) is 19.1. The predicted octanol–water partition coefficient (Wildman–Crippen LogP) is 3.65. The number of hydrogen-bond acceptors (Lipinski definition) is 5. The van der Waals surface area contributed by atoms with Gasteiger partial charge in [0.05, 0.1) is 27.9 Å². The van der Waals surface area contributed by atoms with Crippen LogP contribution in [0.3, 0.4) is 0 Å². The Morgan fingerprint density at radius 3 is 2.12 bits per heavy atom. The lowest BCUT2D eigenvalue weighted by Gasteiger charge is -2.51. The van der Waals surface area contributed by atoms with Crippen molar-refractivity contribution < 1.29 is 19.3 Å². The van der Waals surface area contributed by atoms with E-state index >= 15 is 0 Å². The molecule has 2 atom stereocenters. The largest absolute Gasteiger partial charge is 0.302 e. The lowest BCUT2D eigenvalue weighted by molar-refractivity contribution is -0.384. The maximum absolute atomic E-state index is 13.9. The molecule has 4 aliphatic rings. The number of carbonyl (C=O) groups excluding carboxylic acids is 3. The lowest BCUT2D eigenvalue weighted by atomic mass is 9.48. The van der Waals surface area contributed by atoms with E-state index in [1.54, 1.807) is 6.92 Å². The number of nitro benzene ring substituents is 1. The van der Waals surface area contributed by atoms with Crippen LogP contribution in [0.2, 0.25) is 0 Å². The summed E-state index contributed by atoms with van der Waals surface area (Å²) in [4.78, 5) is 52.6. The molecule has 3 aromatic rings. The minimum Gasteiger partial charge on any atom is -0.302 e. The molecule has 7 rings (SSSR count). The highest BCUT2D eigenvalue weighted by Gasteiger charge is 2.68. The van der Waals surface area contributed by atoms with E-state index in [4.69, 9.17) is 0 Å². The van der Waals surface area contributed by atoms with Crippen molar-refractivity contribution in [1.82, 2.24) is 0 Å². The van der Waals surface area contributed by atoms with Gasteiger partial charge in [0.2, 0.25) is 11.8 Å². The van der Waals surface area contributed by atoms with Crippen molar-refractivity contribution in [2.75, 3.05) is 4.90 Å². The van der Waals surface area contributed by atoms with E-state index in [1.165, 1.54) is 18.2 Å². The Bertz CT molecular complexity index is 1360. The number of carbonyl (C=O) groups is 3. The predicted molar refractivity (Wildman–Crippen MR) is 119 cm³/mol. The SMILES string of the molecule is Cc1ccc([N+](=O)[O-])cc1N1C(=O)[C@@H]2C3c4ccccc4C(C=O)(c4ccccc43)[C@H]2C1=O. The quantitative estimate of drug-likeness (QED) is 0.269. The molecule has 162 valence electrons. The molecule has 7 nitrogen and oxygen atoms in total. The number of nitrogens with zero attached hydrogens (tertiary/aromatic N) is 2. The zero-order valence-electron chi connectivity index (χ0n) is 17.6. The van der Waals surface area contributed by atoms with Gasteiger partial charge in [0.15, 0.2) is 0 Å². The highest BCUT2D eigenvalue weighted by molar-refractivity contribution is 6.25. The van der Waals surface area contributed by atoms with Gasteiger partial charge in [-0.1, -0.05) is 54.6 Å². The van der Waals surface area contributed by atoms with Crippen molar-refractivity contribution >= 4 is 29.5 Å². The molecule has 0 aromatic heterocycles. The van der Waals surface area contributed by atoms with Crippen molar-refractivity contribution in [1.29, 1.82) is 0 Å². The van der Waals surface area contributed by atoms with Crippen LogP contribution in [-0.4, -0.2) is 23.0 Å². The van der Waals surface area contributed by atoms with Gasteiger partial charge in [0.25, 0.3) is 5.69 Å².